The van der Waals surface area contributed by atoms with E-state index < -0.39 is 0 Å². The molecule has 1 aromatic rings. The van der Waals surface area contributed by atoms with E-state index in [9.17, 15) is 0 Å². The van der Waals surface area contributed by atoms with E-state index in [4.69, 9.17) is 4.74 Å². The zero-order chi connectivity index (χ0) is 15.7. The quantitative estimate of drug-likeness (QED) is 0.598. The summed E-state index contributed by atoms with van der Waals surface area (Å²) in [4.78, 5) is 4.63. The van der Waals surface area contributed by atoms with Gasteiger partial charge in [0.1, 0.15) is 0 Å². The Morgan fingerprint density at radius 1 is 1.24 bits per heavy atom. The van der Waals surface area contributed by atoms with Crippen molar-refractivity contribution in [3.63, 3.8) is 0 Å². The zero-order valence-electron chi connectivity index (χ0n) is 14.0. The highest BCUT2D eigenvalue weighted by molar-refractivity contribution is 5.79. The van der Waals surface area contributed by atoms with Crippen molar-refractivity contribution in [3.8, 4) is 0 Å². The molecule has 1 aromatic heterocycles. The maximum Gasteiger partial charge on any atom is 0.191 e. The SMILES string of the molecule is CCNC(=NCC(OC)C(C)(C)C)NCCn1cccc1. The van der Waals surface area contributed by atoms with E-state index in [-0.39, 0.29) is 11.5 Å². The van der Waals surface area contributed by atoms with Crippen LogP contribution in [0, 0.1) is 5.41 Å². The van der Waals surface area contributed by atoms with Crippen molar-refractivity contribution in [1.29, 1.82) is 0 Å². The maximum atomic E-state index is 5.54. The minimum absolute atomic E-state index is 0.0840. The number of aromatic nitrogens is 1. The summed E-state index contributed by atoms with van der Waals surface area (Å²) in [7, 11) is 1.75. The molecule has 1 atom stereocenters. The summed E-state index contributed by atoms with van der Waals surface area (Å²) < 4.78 is 7.68. The van der Waals surface area contributed by atoms with Gasteiger partial charge in [-0.15, -0.1) is 0 Å². The Balaban J connectivity index is 2.48. The van der Waals surface area contributed by atoms with Crippen LogP contribution in [0.5, 0.6) is 0 Å². The summed E-state index contributed by atoms with van der Waals surface area (Å²) >= 11 is 0. The summed E-state index contributed by atoms with van der Waals surface area (Å²) in [6.07, 6.45) is 4.23. The second-order valence-corrected chi connectivity index (χ2v) is 6.16. The van der Waals surface area contributed by atoms with E-state index in [0.29, 0.717) is 6.54 Å². The summed E-state index contributed by atoms with van der Waals surface area (Å²) in [6, 6.07) is 4.07. The van der Waals surface area contributed by atoms with Gasteiger partial charge in [-0.05, 0) is 24.5 Å². The Hall–Kier alpha value is -1.49. The maximum absolute atomic E-state index is 5.54. The highest BCUT2D eigenvalue weighted by atomic mass is 16.5. The first kappa shape index (κ1) is 17.6. The van der Waals surface area contributed by atoms with Crippen molar-refractivity contribution in [2.24, 2.45) is 10.4 Å². The van der Waals surface area contributed by atoms with Gasteiger partial charge in [0.15, 0.2) is 5.96 Å². The smallest absolute Gasteiger partial charge is 0.191 e. The lowest BCUT2D eigenvalue weighted by atomic mass is 9.89. The minimum Gasteiger partial charge on any atom is -0.379 e. The summed E-state index contributed by atoms with van der Waals surface area (Å²) in [5.74, 6) is 0.843. The van der Waals surface area contributed by atoms with Crippen LogP contribution in [-0.2, 0) is 11.3 Å². The first-order chi connectivity index (χ1) is 9.97. The van der Waals surface area contributed by atoms with Gasteiger partial charge in [-0.2, -0.15) is 0 Å². The van der Waals surface area contributed by atoms with Gasteiger partial charge in [0.2, 0.25) is 0 Å². The van der Waals surface area contributed by atoms with Crippen LogP contribution in [0.2, 0.25) is 0 Å². The molecular formula is C16H30N4O. The lowest BCUT2D eigenvalue weighted by Crippen LogP contribution is -2.40. The Morgan fingerprint density at radius 2 is 1.90 bits per heavy atom. The van der Waals surface area contributed by atoms with Crippen LogP contribution in [0.3, 0.4) is 0 Å². The van der Waals surface area contributed by atoms with Gasteiger partial charge in [0, 0.05) is 39.1 Å². The zero-order valence-corrected chi connectivity index (χ0v) is 14.0. The van der Waals surface area contributed by atoms with Crippen LogP contribution < -0.4 is 10.6 Å². The Bertz CT molecular complexity index is 406. The molecule has 0 saturated carbocycles. The normalized spacial score (nSPS) is 14.0. The molecule has 21 heavy (non-hydrogen) atoms. The fourth-order valence-electron chi connectivity index (χ4n) is 2.04. The van der Waals surface area contributed by atoms with Crippen molar-refractivity contribution in [1.82, 2.24) is 15.2 Å². The molecule has 0 saturated heterocycles. The number of hydrogen-bond donors (Lipinski definition) is 2. The largest absolute Gasteiger partial charge is 0.379 e. The molecule has 0 radical (unpaired) electrons. The number of aliphatic imine (C=N–C) groups is 1. The molecule has 0 aliphatic heterocycles. The summed E-state index contributed by atoms with van der Waals surface area (Å²) in [6.45, 7) is 11.8. The highest BCUT2D eigenvalue weighted by Crippen LogP contribution is 2.21. The van der Waals surface area contributed by atoms with Crippen molar-refractivity contribution < 1.29 is 4.74 Å². The van der Waals surface area contributed by atoms with E-state index in [0.717, 1.165) is 25.6 Å². The second kappa shape index (κ2) is 8.72. The fourth-order valence-corrected chi connectivity index (χ4v) is 2.04. The number of hydrogen-bond acceptors (Lipinski definition) is 2. The van der Waals surface area contributed by atoms with Crippen LogP contribution >= 0.6 is 0 Å². The number of guanidine groups is 1. The van der Waals surface area contributed by atoms with Gasteiger partial charge < -0.3 is 19.9 Å². The number of nitrogens with one attached hydrogen (secondary N) is 2. The average molecular weight is 294 g/mol. The van der Waals surface area contributed by atoms with Crippen LogP contribution in [0.1, 0.15) is 27.7 Å². The Kier molecular flexibility index (Phi) is 7.29. The monoisotopic (exact) mass is 294 g/mol. The molecule has 0 fully saturated rings. The predicted octanol–water partition coefficient (Wildman–Crippen LogP) is 2.10. The molecule has 5 heteroatoms. The second-order valence-electron chi connectivity index (χ2n) is 6.16. The van der Waals surface area contributed by atoms with Crippen molar-refractivity contribution >= 4 is 5.96 Å². The molecule has 120 valence electrons. The van der Waals surface area contributed by atoms with Crippen LogP contribution in [0.4, 0.5) is 0 Å². The summed E-state index contributed by atoms with van der Waals surface area (Å²) in [5.41, 5.74) is 0.0840. The third-order valence-electron chi connectivity index (χ3n) is 3.34. The molecule has 5 nitrogen and oxygen atoms in total. The third-order valence-corrected chi connectivity index (χ3v) is 3.34. The van der Waals surface area contributed by atoms with Crippen molar-refractivity contribution in [3.05, 3.63) is 24.5 Å². The van der Waals surface area contributed by atoms with Gasteiger partial charge in [0.25, 0.3) is 0 Å². The third kappa shape index (κ3) is 6.67. The molecule has 0 spiro atoms. The van der Waals surface area contributed by atoms with Crippen LogP contribution in [0.15, 0.2) is 29.5 Å². The molecule has 1 heterocycles. The number of nitrogens with zero attached hydrogens (tertiary/aromatic N) is 2. The molecule has 0 aliphatic carbocycles. The van der Waals surface area contributed by atoms with E-state index in [1.165, 1.54) is 0 Å². The lowest BCUT2D eigenvalue weighted by molar-refractivity contribution is 0.0241. The molecule has 0 aliphatic rings. The van der Waals surface area contributed by atoms with E-state index in [2.05, 4.69) is 60.3 Å². The first-order valence-corrected chi connectivity index (χ1v) is 7.63. The van der Waals surface area contributed by atoms with Gasteiger partial charge in [0.05, 0.1) is 12.6 Å². The first-order valence-electron chi connectivity index (χ1n) is 7.63. The van der Waals surface area contributed by atoms with Gasteiger partial charge >= 0.3 is 0 Å². The Morgan fingerprint density at radius 3 is 2.43 bits per heavy atom. The number of rotatable bonds is 7. The van der Waals surface area contributed by atoms with Crippen LogP contribution in [0.25, 0.3) is 0 Å². The van der Waals surface area contributed by atoms with Gasteiger partial charge in [-0.1, -0.05) is 20.8 Å². The molecule has 0 bridgehead atoms. The highest BCUT2D eigenvalue weighted by Gasteiger charge is 2.23. The molecular weight excluding hydrogens is 264 g/mol. The molecule has 1 rings (SSSR count). The van der Waals surface area contributed by atoms with E-state index in [1.807, 2.05) is 12.1 Å². The molecule has 1 unspecified atom stereocenters. The van der Waals surface area contributed by atoms with E-state index in [1.54, 1.807) is 7.11 Å². The topological polar surface area (TPSA) is 50.6 Å². The van der Waals surface area contributed by atoms with Crippen LogP contribution in [-0.4, -0.2) is 43.4 Å². The lowest BCUT2D eigenvalue weighted by Gasteiger charge is -2.28. The molecule has 2 N–H and O–H groups in total. The minimum atomic E-state index is 0.0840. The molecule has 0 aromatic carbocycles. The van der Waals surface area contributed by atoms with E-state index >= 15 is 0 Å². The van der Waals surface area contributed by atoms with Crippen molar-refractivity contribution in [2.75, 3.05) is 26.7 Å². The van der Waals surface area contributed by atoms with Gasteiger partial charge in [-0.25, -0.2) is 0 Å². The van der Waals surface area contributed by atoms with Gasteiger partial charge in [-0.3, -0.25) is 4.99 Å². The number of ether oxygens (including phenoxy) is 1. The number of methoxy groups -OCH3 is 1. The van der Waals surface area contributed by atoms with Crippen molar-refractivity contribution in [2.45, 2.75) is 40.3 Å². The Labute approximate surface area is 128 Å². The average Bonchev–Trinajstić information content (AvgIpc) is 2.91. The molecule has 0 amide bonds. The summed E-state index contributed by atoms with van der Waals surface area (Å²) in [5, 5.41) is 6.62. The standard InChI is InChI=1S/C16H30N4O/c1-6-17-15(18-9-12-20-10-7-8-11-20)19-13-14(21-5)16(2,3)4/h7-8,10-11,14H,6,9,12-13H2,1-5H3,(H2,17,18,19). The predicted molar refractivity (Wildman–Crippen MR) is 88.7 cm³/mol. The fraction of sp³-hybridized carbons (Fsp3) is 0.688.